The summed E-state index contributed by atoms with van der Waals surface area (Å²) in [6.45, 7) is 18.4. The third kappa shape index (κ3) is 5.25. The lowest BCUT2D eigenvalue weighted by atomic mass is 9.88. The lowest BCUT2D eigenvalue weighted by Gasteiger charge is -2.39. The average Bonchev–Trinajstić information content (AvgIpc) is 3.41. The van der Waals surface area contributed by atoms with Gasteiger partial charge in [0, 0.05) is 18.8 Å². The fraction of sp³-hybridized carbons (Fsp3) is 0.909. The van der Waals surface area contributed by atoms with Crippen molar-refractivity contribution in [2.24, 2.45) is 17.3 Å². The van der Waals surface area contributed by atoms with Gasteiger partial charge in [-0.05, 0) is 56.3 Å². The number of hydrogen-bond donors (Lipinski definition) is 0. The van der Waals surface area contributed by atoms with Crippen LogP contribution in [0, 0.1) is 17.3 Å². The van der Waals surface area contributed by atoms with E-state index in [0.29, 0.717) is 6.10 Å². The molecule has 0 heterocycles. The highest BCUT2D eigenvalue weighted by molar-refractivity contribution is 5.09. The Morgan fingerprint density at radius 3 is 2.33 bits per heavy atom. The Morgan fingerprint density at radius 2 is 1.92 bits per heavy atom. The van der Waals surface area contributed by atoms with Gasteiger partial charge >= 0.3 is 0 Å². The van der Waals surface area contributed by atoms with Crippen molar-refractivity contribution >= 4 is 0 Å². The van der Waals surface area contributed by atoms with Gasteiger partial charge in [0.2, 0.25) is 0 Å². The lowest BCUT2D eigenvalue weighted by molar-refractivity contribution is -0.0918. The molecule has 2 saturated carbocycles. The minimum absolute atomic E-state index is 0.183. The van der Waals surface area contributed by atoms with Crippen molar-refractivity contribution in [3.8, 4) is 0 Å². The normalized spacial score (nSPS) is 27.0. The van der Waals surface area contributed by atoms with Crippen LogP contribution in [0.15, 0.2) is 11.8 Å². The molecule has 2 nitrogen and oxygen atoms in total. The van der Waals surface area contributed by atoms with Gasteiger partial charge in [-0.25, -0.2) is 0 Å². The van der Waals surface area contributed by atoms with E-state index in [-0.39, 0.29) is 11.0 Å². The zero-order valence-electron chi connectivity index (χ0n) is 17.3. The second-order valence-electron chi connectivity index (χ2n) is 9.33. The van der Waals surface area contributed by atoms with Crippen LogP contribution < -0.4 is 0 Å². The Labute approximate surface area is 151 Å². The Kier molecular flexibility index (Phi) is 6.45. The first-order valence-corrected chi connectivity index (χ1v) is 10.4. The van der Waals surface area contributed by atoms with Gasteiger partial charge in [-0.1, -0.05) is 54.0 Å². The van der Waals surface area contributed by atoms with E-state index < -0.39 is 0 Å². The molecule has 2 heteroatoms. The Balaban J connectivity index is 2.04. The smallest absolute Gasteiger partial charge is 0.0805 e. The molecule has 0 bridgehead atoms. The van der Waals surface area contributed by atoms with Crippen molar-refractivity contribution in [1.82, 2.24) is 4.90 Å². The van der Waals surface area contributed by atoms with Crippen molar-refractivity contribution < 1.29 is 4.74 Å². The lowest BCUT2D eigenvalue weighted by Crippen LogP contribution is -2.43. The van der Waals surface area contributed by atoms with E-state index in [1.807, 2.05) is 0 Å². The van der Waals surface area contributed by atoms with Gasteiger partial charge in [0.1, 0.15) is 0 Å². The predicted octanol–water partition coefficient (Wildman–Crippen LogP) is 6.02. The molecule has 0 radical (unpaired) electrons. The van der Waals surface area contributed by atoms with E-state index in [1.165, 1.54) is 37.8 Å². The first kappa shape index (κ1) is 19.8. The molecular formula is C22H41NO. The number of ether oxygens (including phenoxy) is 1. The van der Waals surface area contributed by atoms with Crippen LogP contribution >= 0.6 is 0 Å². The molecule has 0 spiro atoms. The van der Waals surface area contributed by atoms with Gasteiger partial charge in [0.15, 0.2) is 0 Å². The molecule has 140 valence electrons. The van der Waals surface area contributed by atoms with Crippen LogP contribution in [-0.2, 0) is 4.74 Å². The van der Waals surface area contributed by atoms with Crippen LogP contribution in [0.2, 0.25) is 0 Å². The highest BCUT2D eigenvalue weighted by atomic mass is 16.5. The molecule has 0 aromatic carbocycles. The molecule has 0 aromatic heterocycles. The maximum Gasteiger partial charge on any atom is 0.0805 e. The first-order chi connectivity index (χ1) is 11.2. The zero-order valence-corrected chi connectivity index (χ0v) is 17.3. The summed E-state index contributed by atoms with van der Waals surface area (Å²) >= 11 is 0. The molecule has 2 aliphatic rings. The van der Waals surface area contributed by atoms with Gasteiger partial charge < -0.3 is 9.64 Å². The quantitative estimate of drug-likeness (QED) is 0.484. The molecule has 0 aromatic rings. The van der Waals surface area contributed by atoms with Crippen molar-refractivity contribution in [1.29, 1.82) is 0 Å². The summed E-state index contributed by atoms with van der Waals surface area (Å²) in [6, 6.07) is 0. The highest BCUT2D eigenvalue weighted by Crippen LogP contribution is 2.46. The molecule has 3 atom stereocenters. The van der Waals surface area contributed by atoms with Crippen molar-refractivity contribution in [2.75, 3.05) is 13.1 Å². The summed E-state index contributed by atoms with van der Waals surface area (Å²) < 4.78 is 6.68. The number of rotatable bonds is 10. The number of hydrogen-bond acceptors (Lipinski definition) is 2. The molecule has 2 rings (SSSR count). The molecule has 2 fully saturated rings. The fourth-order valence-electron chi connectivity index (χ4n) is 3.73. The monoisotopic (exact) mass is 335 g/mol. The standard InChI is InChI=1S/C22H41NO/c1-8-13-23(17(4)14-19-15-18(19)9-2)16-20(21(5,6)7)24-22(10-3)11-12-22/h14,18-20H,8-13,15-16H2,1-7H3/b17-14-. The summed E-state index contributed by atoms with van der Waals surface area (Å²) in [5.74, 6) is 1.77. The SMILES string of the molecule is CCCN(CC(OC1(CC)CC1)C(C)(C)C)/C(C)=C\C1CC1CC. The van der Waals surface area contributed by atoms with Crippen LogP contribution in [-0.4, -0.2) is 29.7 Å². The minimum atomic E-state index is 0.183. The zero-order chi connectivity index (χ0) is 18.0. The molecule has 0 saturated heterocycles. The molecular weight excluding hydrogens is 294 g/mol. The molecule has 3 unspecified atom stereocenters. The molecule has 0 amide bonds. The van der Waals surface area contributed by atoms with Gasteiger partial charge in [0.05, 0.1) is 11.7 Å². The summed E-state index contributed by atoms with van der Waals surface area (Å²) in [6.07, 6.45) is 10.4. The summed E-state index contributed by atoms with van der Waals surface area (Å²) in [7, 11) is 0. The third-order valence-corrected chi connectivity index (χ3v) is 6.15. The van der Waals surface area contributed by atoms with E-state index in [2.05, 4.69) is 59.4 Å². The van der Waals surface area contributed by atoms with E-state index in [0.717, 1.165) is 31.3 Å². The molecule has 24 heavy (non-hydrogen) atoms. The maximum absolute atomic E-state index is 6.68. The molecule has 0 N–H and O–H groups in total. The van der Waals surface area contributed by atoms with Gasteiger partial charge in [-0.3, -0.25) is 0 Å². The van der Waals surface area contributed by atoms with Crippen molar-refractivity contribution in [3.05, 3.63) is 11.8 Å². The fourth-order valence-corrected chi connectivity index (χ4v) is 3.73. The highest BCUT2D eigenvalue weighted by Gasteiger charge is 2.46. The van der Waals surface area contributed by atoms with E-state index in [9.17, 15) is 0 Å². The molecule has 2 aliphatic carbocycles. The van der Waals surface area contributed by atoms with Crippen LogP contribution in [0.25, 0.3) is 0 Å². The third-order valence-electron chi connectivity index (χ3n) is 6.15. The summed E-state index contributed by atoms with van der Waals surface area (Å²) in [5.41, 5.74) is 1.84. The van der Waals surface area contributed by atoms with Gasteiger partial charge in [0.25, 0.3) is 0 Å². The number of allylic oxidation sites excluding steroid dienone is 2. The van der Waals surface area contributed by atoms with Crippen molar-refractivity contribution in [3.63, 3.8) is 0 Å². The number of nitrogens with zero attached hydrogens (tertiary/aromatic N) is 1. The van der Waals surface area contributed by atoms with Crippen LogP contribution in [0.5, 0.6) is 0 Å². The Hall–Kier alpha value is -0.500. The van der Waals surface area contributed by atoms with Gasteiger partial charge in [-0.2, -0.15) is 0 Å². The molecule has 0 aliphatic heterocycles. The second-order valence-corrected chi connectivity index (χ2v) is 9.33. The second kappa shape index (κ2) is 7.81. The van der Waals surface area contributed by atoms with E-state index in [1.54, 1.807) is 0 Å². The summed E-state index contributed by atoms with van der Waals surface area (Å²) in [5, 5.41) is 0. The Morgan fingerprint density at radius 1 is 1.25 bits per heavy atom. The van der Waals surface area contributed by atoms with Gasteiger partial charge in [-0.15, -0.1) is 0 Å². The van der Waals surface area contributed by atoms with E-state index in [4.69, 9.17) is 4.74 Å². The van der Waals surface area contributed by atoms with Crippen LogP contribution in [0.1, 0.15) is 87.0 Å². The van der Waals surface area contributed by atoms with E-state index >= 15 is 0 Å². The van der Waals surface area contributed by atoms with Crippen LogP contribution in [0.4, 0.5) is 0 Å². The summed E-state index contributed by atoms with van der Waals surface area (Å²) in [4.78, 5) is 2.59. The predicted molar refractivity (Wildman–Crippen MR) is 104 cm³/mol. The average molecular weight is 336 g/mol. The topological polar surface area (TPSA) is 12.5 Å². The Bertz CT molecular complexity index is 430. The van der Waals surface area contributed by atoms with Crippen LogP contribution in [0.3, 0.4) is 0 Å². The maximum atomic E-state index is 6.68. The first-order valence-electron chi connectivity index (χ1n) is 10.4. The van der Waals surface area contributed by atoms with Crippen molar-refractivity contribution in [2.45, 2.75) is 98.7 Å². The largest absolute Gasteiger partial charge is 0.373 e. The minimum Gasteiger partial charge on any atom is -0.373 e.